The number of nitrogens with zero attached hydrogens (tertiary/aromatic N) is 3. The van der Waals surface area contributed by atoms with Crippen LogP contribution >= 0.6 is 11.3 Å². The Kier molecular flexibility index (Phi) is 3.79. The summed E-state index contributed by atoms with van der Waals surface area (Å²) in [7, 11) is 0. The molecule has 3 fully saturated rings. The second kappa shape index (κ2) is 6.06. The topological polar surface area (TPSA) is 75.9 Å². The van der Waals surface area contributed by atoms with Gasteiger partial charge in [0.05, 0.1) is 30.7 Å². The SMILES string of the molecule is O=C(Cc1cn2ccsc2n1)N1C[C@@H]2COC[C@]2(C(=O)NCC2CC2)C1. The molecule has 0 radical (unpaired) electrons. The van der Waals surface area contributed by atoms with Crippen molar-refractivity contribution in [1.82, 2.24) is 19.6 Å². The maximum atomic E-state index is 12.8. The number of fused-ring (bicyclic) bond motifs is 2. The minimum absolute atomic E-state index is 0.0412. The molecule has 2 aromatic heterocycles. The fourth-order valence-electron chi connectivity index (χ4n) is 4.11. The molecule has 2 saturated heterocycles. The van der Waals surface area contributed by atoms with E-state index < -0.39 is 5.41 Å². The molecule has 2 atom stereocenters. The molecule has 26 heavy (non-hydrogen) atoms. The van der Waals surface area contributed by atoms with Crippen molar-refractivity contribution in [3.05, 3.63) is 23.5 Å². The van der Waals surface area contributed by atoms with E-state index in [-0.39, 0.29) is 24.2 Å². The van der Waals surface area contributed by atoms with Gasteiger partial charge in [0.15, 0.2) is 4.96 Å². The number of rotatable bonds is 5. The van der Waals surface area contributed by atoms with Crippen LogP contribution in [0, 0.1) is 17.3 Å². The second-order valence-electron chi connectivity index (χ2n) is 7.80. The van der Waals surface area contributed by atoms with Crippen LogP contribution in [-0.4, -0.2) is 58.9 Å². The predicted molar refractivity (Wildman–Crippen MR) is 95.8 cm³/mol. The van der Waals surface area contributed by atoms with Crippen LogP contribution < -0.4 is 5.32 Å². The Balaban J connectivity index is 1.27. The molecule has 8 heteroatoms. The fraction of sp³-hybridized carbons (Fsp3) is 0.611. The molecule has 2 aromatic rings. The molecule has 0 aromatic carbocycles. The van der Waals surface area contributed by atoms with Crippen molar-refractivity contribution in [1.29, 1.82) is 0 Å². The zero-order valence-electron chi connectivity index (χ0n) is 14.5. The van der Waals surface area contributed by atoms with Gasteiger partial charge < -0.3 is 15.0 Å². The normalized spacial score (nSPS) is 27.8. The number of imidazole rings is 1. The lowest BCUT2D eigenvalue weighted by molar-refractivity contribution is -0.133. The van der Waals surface area contributed by atoms with Gasteiger partial charge in [-0.1, -0.05) is 0 Å². The Morgan fingerprint density at radius 1 is 1.42 bits per heavy atom. The molecule has 138 valence electrons. The molecule has 1 N–H and O–H groups in total. The number of hydrogen-bond donors (Lipinski definition) is 1. The lowest BCUT2D eigenvalue weighted by atomic mass is 9.80. The smallest absolute Gasteiger partial charge is 0.230 e. The highest BCUT2D eigenvalue weighted by molar-refractivity contribution is 7.15. The number of ether oxygens (including phenoxy) is 1. The third-order valence-electron chi connectivity index (χ3n) is 5.90. The van der Waals surface area contributed by atoms with Crippen LogP contribution in [0.15, 0.2) is 17.8 Å². The predicted octanol–water partition coefficient (Wildman–Crippen LogP) is 0.940. The largest absolute Gasteiger partial charge is 0.380 e. The Morgan fingerprint density at radius 3 is 3.12 bits per heavy atom. The molecule has 1 saturated carbocycles. The zero-order valence-corrected chi connectivity index (χ0v) is 15.3. The van der Waals surface area contributed by atoms with Crippen LogP contribution in [0.1, 0.15) is 18.5 Å². The van der Waals surface area contributed by atoms with Gasteiger partial charge in [0.25, 0.3) is 0 Å². The maximum absolute atomic E-state index is 12.8. The summed E-state index contributed by atoms with van der Waals surface area (Å²) >= 11 is 1.55. The molecule has 4 heterocycles. The zero-order chi connectivity index (χ0) is 17.7. The maximum Gasteiger partial charge on any atom is 0.230 e. The number of aromatic nitrogens is 2. The summed E-state index contributed by atoms with van der Waals surface area (Å²) in [5.41, 5.74) is 0.210. The van der Waals surface area contributed by atoms with Crippen molar-refractivity contribution < 1.29 is 14.3 Å². The number of nitrogens with one attached hydrogen (secondary N) is 1. The summed E-state index contributed by atoms with van der Waals surface area (Å²) in [6.07, 6.45) is 6.54. The number of amides is 2. The van der Waals surface area contributed by atoms with Gasteiger partial charge in [0.1, 0.15) is 0 Å². The standard InChI is InChI=1S/C18H22N4O3S/c23-15(5-14-8-21-3-4-26-17(21)20-14)22-7-13-9-25-11-18(13,10-22)16(24)19-6-12-1-2-12/h3-4,8,12-13H,1-2,5-7,9-11H2,(H,19,24)/t13-,18-/m1/s1. The monoisotopic (exact) mass is 374 g/mol. The van der Waals surface area contributed by atoms with Gasteiger partial charge in [-0.05, 0) is 18.8 Å². The average molecular weight is 374 g/mol. The van der Waals surface area contributed by atoms with Crippen molar-refractivity contribution in [3.8, 4) is 0 Å². The van der Waals surface area contributed by atoms with Gasteiger partial charge in [-0.2, -0.15) is 0 Å². The van der Waals surface area contributed by atoms with Crippen LogP contribution in [0.5, 0.6) is 0 Å². The Labute approximate surface area is 155 Å². The quantitative estimate of drug-likeness (QED) is 0.845. The van der Waals surface area contributed by atoms with E-state index in [0.29, 0.717) is 32.2 Å². The highest BCUT2D eigenvalue weighted by Gasteiger charge is 2.56. The first kappa shape index (κ1) is 16.3. The van der Waals surface area contributed by atoms with E-state index >= 15 is 0 Å². The number of carbonyl (C=O) groups is 2. The van der Waals surface area contributed by atoms with E-state index in [0.717, 1.165) is 17.2 Å². The van der Waals surface area contributed by atoms with E-state index in [1.165, 1.54) is 12.8 Å². The lowest BCUT2D eigenvalue weighted by Gasteiger charge is -2.26. The Morgan fingerprint density at radius 2 is 2.31 bits per heavy atom. The van der Waals surface area contributed by atoms with Gasteiger partial charge in [0, 0.05) is 43.3 Å². The van der Waals surface area contributed by atoms with Crippen molar-refractivity contribution in [2.75, 3.05) is 32.8 Å². The molecule has 2 amide bonds. The molecule has 7 nitrogen and oxygen atoms in total. The molecule has 0 bridgehead atoms. The minimum atomic E-state index is -0.570. The van der Waals surface area contributed by atoms with Crippen molar-refractivity contribution in [2.24, 2.45) is 17.3 Å². The minimum Gasteiger partial charge on any atom is -0.380 e. The number of thiazole rings is 1. The van der Waals surface area contributed by atoms with Gasteiger partial charge >= 0.3 is 0 Å². The van der Waals surface area contributed by atoms with Crippen molar-refractivity contribution >= 4 is 28.1 Å². The van der Waals surface area contributed by atoms with Gasteiger partial charge in [-0.15, -0.1) is 11.3 Å². The van der Waals surface area contributed by atoms with Crippen LogP contribution in [-0.2, 0) is 20.7 Å². The Hall–Kier alpha value is -1.93. The van der Waals surface area contributed by atoms with Gasteiger partial charge in [0.2, 0.25) is 11.8 Å². The highest BCUT2D eigenvalue weighted by Crippen LogP contribution is 2.42. The van der Waals surface area contributed by atoms with Crippen LogP contribution in [0.4, 0.5) is 0 Å². The lowest BCUT2D eigenvalue weighted by Crippen LogP contribution is -2.47. The molecular formula is C18H22N4O3S. The molecule has 0 unspecified atom stereocenters. The van der Waals surface area contributed by atoms with E-state index in [4.69, 9.17) is 4.74 Å². The average Bonchev–Trinajstić information content (AvgIpc) is 2.94. The van der Waals surface area contributed by atoms with E-state index in [9.17, 15) is 9.59 Å². The molecule has 0 spiro atoms. The van der Waals surface area contributed by atoms with Crippen molar-refractivity contribution in [2.45, 2.75) is 19.3 Å². The number of likely N-dealkylation sites (tertiary alicyclic amines) is 1. The molecule has 3 aliphatic rings. The summed E-state index contributed by atoms with van der Waals surface area (Å²) in [6, 6.07) is 0. The first-order valence-electron chi connectivity index (χ1n) is 9.19. The highest BCUT2D eigenvalue weighted by atomic mass is 32.1. The first-order chi connectivity index (χ1) is 12.6. The second-order valence-corrected chi connectivity index (χ2v) is 8.67. The van der Waals surface area contributed by atoms with Crippen LogP contribution in [0.3, 0.4) is 0 Å². The first-order valence-corrected chi connectivity index (χ1v) is 10.1. The van der Waals surface area contributed by atoms with Crippen LogP contribution in [0.25, 0.3) is 4.96 Å². The third-order valence-corrected chi connectivity index (χ3v) is 6.67. The third kappa shape index (κ3) is 2.72. The molecule has 2 aliphatic heterocycles. The van der Waals surface area contributed by atoms with E-state index in [1.807, 2.05) is 27.1 Å². The van der Waals surface area contributed by atoms with Crippen LogP contribution in [0.2, 0.25) is 0 Å². The summed E-state index contributed by atoms with van der Waals surface area (Å²) in [5.74, 6) is 0.838. The van der Waals surface area contributed by atoms with E-state index in [2.05, 4.69) is 10.3 Å². The molecule has 1 aliphatic carbocycles. The fourth-order valence-corrected chi connectivity index (χ4v) is 4.83. The Bertz CT molecular complexity index is 829. The van der Waals surface area contributed by atoms with Gasteiger partial charge in [-0.3, -0.25) is 14.0 Å². The summed E-state index contributed by atoms with van der Waals surface area (Å²) in [5, 5.41) is 5.07. The number of hydrogen-bond acceptors (Lipinski definition) is 5. The number of carbonyl (C=O) groups excluding carboxylic acids is 2. The molecular weight excluding hydrogens is 352 g/mol. The van der Waals surface area contributed by atoms with E-state index in [1.54, 1.807) is 11.3 Å². The summed E-state index contributed by atoms with van der Waals surface area (Å²) in [4.78, 5) is 32.9. The summed E-state index contributed by atoms with van der Waals surface area (Å²) in [6.45, 7) is 2.78. The summed E-state index contributed by atoms with van der Waals surface area (Å²) < 4.78 is 7.56. The van der Waals surface area contributed by atoms with Gasteiger partial charge in [-0.25, -0.2) is 4.98 Å². The van der Waals surface area contributed by atoms with Crippen molar-refractivity contribution in [3.63, 3.8) is 0 Å². The molecule has 5 rings (SSSR count).